The van der Waals surface area contributed by atoms with Crippen LogP contribution in [-0.2, 0) is 9.53 Å². The average molecular weight is 269 g/mol. The molecule has 3 unspecified atom stereocenters. The molecule has 2 aliphatic carbocycles. The van der Waals surface area contributed by atoms with E-state index in [-0.39, 0.29) is 5.92 Å². The van der Waals surface area contributed by atoms with E-state index in [0.29, 0.717) is 11.8 Å². The number of ether oxygens (including phenoxy) is 1. The summed E-state index contributed by atoms with van der Waals surface area (Å²) >= 11 is 0. The molecule has 0 bridgehead atoms. The fourth-order valence-corrected chi connectivity index (χ4v) is 3.03. The van der Waals surface area contributed by atoms with Crippen molar-refractivity contribution in [1.29, 1.82) is 0 Å². The molecule has 19 heavy (non-hydrogen) atoms. The van der Waals surface area contributed by atoms with Crippen molar-refractivity contribution in [3.8, 4) is 0 Å². The van der Waals surface area contributed by atoms with Gasteiger partial charge in [-0.1, -0.05) is 0 Å². The van der Waals surface area contributed by atoms with Gasteiger partial charge in [-0.15, -0.1) is 0 Å². The number of hydrogen-bond donors (Lipinski definition) is 2. The number of rotatable bonds is 3. The van der Waals surface area contributed by atoms with E-state index in [1.165, 1.54) is 6.42 Å². The van der Waals surface area contributed by atoms with Crippen molar-refractivity contribution in [1.82, 2.24) is 5.32 Å². The van der Waals surface area contributed by atoms with Crippen LogP contribution in [0.15, 0.2) is 0 Å². The Morgan fingerprint density at radius 1 is 1.11 bits per heavy atom. The molecule has 2 saturated carbocycles. The molecule has 0 aliphatic heterocycles. The van der Waals surface area contributed by atoms with E-state index >= 15 is 0 Å². The number of carbonyl (C=O) groups excluding carboxylic acids is 1. The second-order valence-electron chi connectivity index (χ2n) is 7.06. The van der Waals surface area contributed by atoms with Crippen LogP contribution in [-0.4, -0.2) is 28.3 Å². The lowest BCUT2D eigenvalue weighted by Gasteiger charge is -2.34. The largest absolute Gasteiger partial charge is 0.480 e. The van der Waals surface area contributed by atoms with Crippen LogP contribution in [0, 0.1) is 17.8 Å². The van der Waals surface area contributed by atoms with Crippen LogP contribution in [0.2, 0.25) is 0 Å². The molecular formula is C14H23NO4. The number of carboxylic acid groups (broad SMARTS) is 1. The second-order valence-corrected chi connectivity index (χ2v) is 7.06. The van der Waals surface area contributed by atoms with Crippen molar-refractivity contribution >= 4 is 12.1 Å². The summed E-state index contributed by atoms with van der Waals surface area (Å²) in [5, 5.41) is 12.0. The van der Waals surface area contributed by atoms with Crippen molar-refractivity contribution in [3.05, 3.63) is 0 Å². The molecule has 1 amide bonds. The maximum absolute atomic E-state index is 11.8. The number of aliphatic carboxylic acids is 1. The highest BCUT2D eigenvalue weighted by Crippen LogP contribution is 2.56. The first kappa shape index (κ1) is 14.2. The lowest BCUT2D eigenvalue weighted by atomic mass is 9.82. The Bertz CT molecular complexity index is 391. The van der Waals surface area contributed by atoms with E-state index < -0.39 is 23.2 Å². The zero-order chi connectivity index (χ0) is 14.4. The van der Waals surface area contributed by atoms with E-state index in [0.717, 1.165) is 12.8 Å². The van der Waals surface area contributed by atoms with Crippen LogP contribution in [0.5, 0.6) is 0 Å². The SMILES string of the molecule is CC(C)(C)OC(=O)NC(C)(C(=O)O)C1CC2CC2C1. The van der Waals surface area contributed by atoms with Crippen LogP contribution >= 0.6 is 0 Å². The maximum atomic E-state index is 11.8. The highest BCUT2D eigenvalue weighted by Gasteiger charge is 2.55. The van der Waals surface area contributed by atoms with Gasteiger partial charge in [0.05, 0.1) is 0 Å². The van der Waals surface area contributed by atoms with Gasteiger partial charge in [-0.2, -0.15) is 0 Å². The lowest BCUT2D eigenvalue weighted by Crippen LogP contribution is -2.57. The smallest absolute Gasteiger partial charge is 0.408 e. The summed E-state index contributed by atoms with van der Waals surface area (Å²) in [5.74, 6) is 0.360. The van der Waals surface area contributed by atoms with Gasteiger partial charge in [0.25, 0.3) is 0 Å². The molecule has 0 radical (unpaired) electrons. The minimum atomic E-state index is -1.23. The first-order chi connectivity index (χ1) is 8.62. The normalized spacial score (nSPS) is 32.1. The van der Waals surface area contributed by atoms with E-state index in [1.54, 1.807) is 27.7 Å². The molecular weight excluding hydrogens is 246 g/mol. The minimum absolute atomic E-state index is 0.00117. The molecule has 2 rings (SSSR count). The van der Waals surface area contributed by atoms with E-state index in [9.17, 15) is 14.7 Å². The summed E-state index contributed by atoms with van der Waals surface area (Å²) < 4.78 is 5.17. The van der Waals surface area contributed by atoms with Gasteiger partial charge in [-0.25, -0.2) is 9.59 Å². The van der Waals surface area contributed by atoms with Gasteiger partial charge < -0.3 is 15.2 Å². The molecule has 0 aromatic rings. The van der Waals surface area contributed by atoms with Gasteiger partial charge in [0.15, 0.2) is 0 Å². The molecule has 5 heteroatoms. The summed E-state index contributed by atoms with van der Waals surface area (Å²) in [4.78, 5) is 23.4. The van der Waals surface area contributed by atoms with E-state index in [2.05, 4.69) is 5.32 Å². The third-order valence-corrected chi connectivity index (χ3v) is 4.26. The Hall–Kier alpha value is -1.26. The van der Waals surface area contributed by atoms with Crippen molar-refractivity contribution < 1.29 is 19.4 Å². The number of nitrogens with one attached hydrogen (secondary N) is 1. The number of hydrogen-bond acceptors (Lipinski definition) is 3. The van der Waals surface area contributed by atoms with Crippen LogP contribution < -0.4 is 5.32 Å². The number of fused-ring (bicyclic) bond motifs is 1. The van der Waals surface area contributed by atoms with Crippen LogP contribution in [0.4, 0.5) is 4.79 Å². The Balaban J connectivity index is 2.03. The summed E-state index contributed by atoms with van der Waals surface area (Å²) in [5.41, 5.74) is -1.85. The van der Waals surface area contributed by atoms with Crippen LogP contribution in [0.25, 0.3) is 0 Å². The molecule has 2 N–H and O–H groups in total. The number of amides is 1. The van der Waals surface area contributed by atoms with E-state index in [4.69, 9.17) is 4.74 Å². The molecule has 108 valence electrons. The fraction of sp³-hybridized carbons (Fsp3) is 0.857. The van der Waals surface area contributed by atoms with Gasteiger partial charge in [0, 0.05) is 0 Å². The molecule has 2 fully saturated rings. The lowest BCUT2D eigenvalue weighted by molar-refractivity contribution is -0.146. The summed E-state index contributed by atoms with van der Waals surface area (Å²) in [6.07, 6.45) is 2.35. The van der Waals surface area contributed by atoms with Gasteiger partial charge in [0.2, 0.25) is 0 Å². The van der Waals surface area contributed by atoms with Gasteiger partial charge >= 0.3 is 12.1 Å². The molecule has 0 spiro atoms. The Labute approximate surface area is 113 Å². The Morgan fingerprint density at radius 2 is 1.63 bits per heavy atom. The monoisotopic (exact) mass is 269 g/mol. The Morgan fingerprint density at radius 3 is 2.05 bits per heavy atom. The molecule has 0 saturated heterocycles. The molecule has 0 heterocycles. The van der Waals surface area contributed by atoms with E-state index in [1.807, 2.05) is 0 Å². The first-order valence-electron chi connectivity index (χ1n) is 6.86. The molecule has 0 aromatic heterocycles. The second kappa shape index (κ2) is 4.39. The highest BCUT2D eigenvalue weighted by molar-refractivity contribution is 5.84. The molecule has 2 aliphatic rings. The number of alkyl carbamates (subject to hydrolysis) is 1. The van der Waals surface area contributed by atoms with Crippen LogP contribution in [0.1, 0.15) is 47.0 Å². The molecule has 3 atom stereocenters. The first-order valence-corrected chi connectivity index (χ1v) is 6.86. The number of carboxylic acids is 1. The van der Waals surface area contributed by atoms with Gasteiger partial charge in [0.1, 0.15) is 11.1 Å². The topological polar surface area (TPSA) is 75.6 Å². The quantitative estimate of drug-likeness (QED) is 0.825. The van der Waals surface area contributed by atoms with Crippen molar-refractivity contribution in [3.63, 3.8) is 0 Å². The predicted octanol–water partition coefficient (Wildman–Crippen LogP) is 2.40. The van der Waals surface area contributed by atoms with Crippen molar-refractivity contribution in [2.45, 2.75) is 58.1 Å². The van der Waals surface area contributed by atoms with Crippen molar-refractivity contribution in [2.24, 2.45) is 17.8 Å². The fourth-order valence-electron chi connectivity index (χ4n) is 3.03. The summed E-state index contributed by atoms with van der Waals surface area (Å²) in [6.45, 7) is 6.87. The molecule has 0 aromatic carbocycles. The third kappa shape index (κ3) is 3.01. The predicted molar refractivity (Wildman–Crippen MR) is 69.7 cm³/mol. The standard InChI is InChI=1S/C14H23NO4/c1-13(2,3)19-12(18)15-14(4,11(16)17)10-6-8-5-9(8)7-10/h8-10H,5-7H2,1-4H3,(H,15,18)(H,16,17). The van der Waals surface area contributed by atoms with Gasteiger partial charge in [-0.05, 0) is 64.7 Å². The Kier molecular flexibility index (Phi) is 3.27. The van der Waals surface area contributed by atoms with Gasteiger partial charge in [-0.3, -0.25) is 0 Å². The van der Waals surface area contributed by atoms with Crippen molar-refractivity contribution in [2.75, 3.05) is 0 Å². The summed E-state index contributed by atoms with van der Waals surface area (Å²) in [7, 11) is 0. The zero-order valence-electron chi connectivity index (χ0n) is 12.0. The zero-order valence-corrected chi connectivity index (χ0v) is 12.0. The highest BCUT2D eigenvalue weighted by atomic mass is 16.6. The summed E-state index contributed by atoms with van der Waals surface area (Å²) in [6, 6.07) is 0. The maximum Gasteiger partial charge on any atom is 0.408 e. The number of carbonyl (C=O) groups is 2. The minimum Gasteiger partial charge on any atom is -0.480 e. The third-order valence-electron chi connectivity index (χ3n) is 4.26. The molecule has 5 nitrogen and oxygen atoms in total. The van der Waals surface area contributed by atoms with Crippen LogP contribution in [0.3, 0.4) is 0 Å². The average Bonchev–Trinajstić information content (AvgIpc) is 2.82.